The number of aromatic nitrogens is 3. The van der Waals surface area contributed by atoms with Crippen LogP contribution >= 0.6 is 23.2 Å². The van der Waals surface area contributed by atoms with Crippen LogP contribution in [0.5, 0.6) is 0 Å². The predicted molar refractivity (Wildman–Crippen MR) is 138 cm³/mol. The number of hydrogen-bond donors (Lipinski definition) is 1. The highest BCUT2D eigenvalue weighted by Gasteiger charge is 2.23. The molecule has 2 aromatic heterocycles. The molecule has 3 heterocycles. The van der Waals surface area contributed by atoms with Gasteiger partial charge in [-0.2, -0.15) is 4.98 Å². The second-order valence-electron chi connectivity index (χ2n) is 9.68. The Hall–Kier alpha value is -2.68. The summed E-state index contributed by atoms with van der Waals surface area (Å²) in [7, 11) is 3.76. The van der Waals surface area contributed by atoms with Gasteiger partial charge in [0.25, 0.3) is 5.56 Å². The van der Waals surface area contributed by atoms with Gasteiger partial charge in [0.15, 0.2) is 0 Å². The van der Waals surface area contributed by atoms with Crippen LogP contribution in [0.2, 0.25) is 10.0 Å². The minimum Gasteiger partial charge on any atom is -0.338 e. The molecule has 1 aliphatic rings. The van der Waals surface area contributed by atoms with Crippen LogP contribution in [0.4, 0.5) is 11.6 Å². The number of piperazine rings is 1. The number of carbonyl (C=O) groups is 1. The topological polar surface area (TPSA) is 83.4 Å². The standard InChI is InChI=1S/C24H28Cl2N6O2/c1-24(2,3)22(34)28-15-11-17(25)19(18(26)12-15)16-10-14-13-27-23(29-20(14)31(5)21(16)33)32-8-6-30(4)7-9-32/h10-13H,6-9H2,1-5H3,(H,28,34). The Balaban J connectivity index is 1.73. The van der Waals surface area contributed by atoms with Crippen LogP contribution in [-0.4, -0.2) is 58.6 Å². The van der Waals surface area contributed by atoms with Crippen molar-refractivity contribution in [3.05, 3.63) is 44.8 Å². The highest BCUT2D eigenvalue weighted by molar-refractivity contribution is 6.39. The average Bonchev–Trinajstić information content (AvgIpc) is 2.76. The van der Waals surface area contributed by atoms with E-state index in [-0.39, 0.29) is 21.5 Å². The SMILES string of the molecule is CN1CCN(c2ncc3cc(-c4c(Cl)cc(NC(=O)C(C)(C)C)cc4Cl)c(=O)n(C)c3n2)CC1. The number of fused-ring (bicyclic) bond motifs is 1. The number of aryl methyl sites for hydroxylation is 1. The zero-order valence-electron chi connectivity index (χ0n) is 19.9. The fourth-order valence-electron chi connectivity index (χ4n) is 3.80. The molecule has 0 bridgehead atoms. The van der Waals surface area contributed by atoms with Gasteiger partial charge in [0.05, 0.1) is 15.6 Å². The molecular formula is C24H28Cl2N6O2. The number of anilines is 2. The minimum atomic E-state index is -0.575. The summed E-state index contributed by atoms with van der Waals surface area (Å²) in [6.07, 6.45) is 1.72. The Kier molecular flexibility index (Phi) is 6.59. The molecule has 8 nitrogen and oxygen atoms in total. The van der Waals surface area contributed by atoms with Gasteiger partial charge in [-0.25, -0.2) is 4.98 Å². The van der Waals surface area contributed by atoms with E-state index in [1.165, 1.54) is 4.57 Å². The first-order valence-electron chi connectivity index (χ1n) is 11.1. The molecule has 180 valence electrons. The van der Waals surface area contributed by atoms with Crippen LogP contribution in [0.15, 0.2) is 29.2 Å². The third-order valence-electron chi connectivity index (χ3n) is 5.97. The van der Waals surface area contributed by atoms with Crippen molar-refractivity contribution in [1.29, 1.82) is 0 Å². The molecule has 1 saturated heterocycles. The fraction of sp³-hybridized carbons (Fsp3) is 0.417. The van der Waals surface area contributed by atoms with Gasteiger partial charge in [0.1, 0.15) is 5.65 Å². The van der Waals surface area contributed by atoms with Crippen LogP contribution in [0.3, 0.4) is 0 Å². The quantitative estimate of drug-likeness (QED) is 0.581. The van der Waals surface area contributed by atoms with Gasteiger partial charge in [-0.05, 0) is 25.2 Å². The van der Waals surface area contributed by atoms with Crippen LogP contribution < -0.4 is 15.8 Å². The average molecular weight is 503 g/mol. The summed E-state index contributed by atoms with van der Waals surface area (Å²) in [6.45, 7) is 8.97. The van der Waals surface area contributed by atoms with E-state index in [2.05, 4.69) is 32.1 Å². The van der Waals surface area contributed by atoms with E-state index in [4.69, 9.17) is 23.2 Å². The lowest BCUT2D eigenvalue weighted by Gasteiger charge is -2.32. The molecule has 1 amide bonds. The Bertz CT molecular complexity index is 1300. The first kappa shape index (κ1) is 24.4. The molecule has 0 saturated carbocycles. The summed E-state index contributed by atoms with van der Waals surface area (Å²) >= 11 is 13.1. The predicted octanol–water partition coefficient (Wildman–Crippen LogP) is 4.04. The number of hydrogen-bond acceptors (Lipinski definition) is 6. The summed E-state index contributed by atoms with van der Waals surface area (Å²) < 4.78 is 1.49. The maximum Gasteiger partial charge on any atom is 0.259 e. The molecular weight excluding hydrogens is 475 g/mol. The van der Waals surface area contributed by atoms with Crippen LogP contribution in [0.25, 0.3) is 22.2 Å². The van der Waals surface area contributed by atoms with E-state index in [9.17, 15) is 9.59 Å². The Labute approximate surface area is 208 Å². The van der Waals surface area contributed by atoms with E-state index in [0.29, 0.717) is 33.8 Å². The monoisotopic (exact) mass is 502 g/mol. The molecule has 4 rings (SSSR count). The van der Waals surface area contributed by atoms with Gasteiger partial charge in [-0.3, -0.25) is 14.2 Å². The molecule has 1 aliphatic heterocycles. The summed E-state index contributed by atoms with van der Waals surface area (Å²) in [5, 5.41) is 4.05. The highest BCUT2D eigenvalue weighted by Crippen LogP contribution is 2.37. The van der Waals surface area contributed by atoms with E-state index >= 15 is 0 Å². The molecule has 0 spiro atoms. The molecule has 1 N–H and O–H groups in total. The zero-order chi connectivity index (χ0) is 24.8. The van der Waals surface area contributed by atoms with Gasteiger partial charge in [0, 0.05) is 61.5 Å². The molecule has 10 heteroatoms. The third kappa shape index (κ3) is 4.76. The smallest absolute Gasteiger partial charge is 0.259 e. The fourth-order valence-corrected chi connectivity index (χ4v) is 4.49. The van der Waals surface area contributed by atoms with Gasteiger partial charge >= 0.3 is 0 Å². The lowest BCUT2D eigenvalue weighted by atomic mass is 9.95. The van der Waals surface area contributed by atoms with Crippen molar-refractivity contribution in [1.82, 2.24) is 19.4 Å². The normalized spacial score (nSPS) is 15.1. The molecule has 0 unspecified atom stereocenters. The molecule has 1 aromatic carbocycles. The van der Waals surface area contributed by atoms with Crippen molar-refractivity contribution in [2.45, 2.75) is 20.8 Å². The summed E-state index contributed by atoms with van der Waals surface area (Å²) in [6, 6.07) is 4.91. The number of rotatable bonds is 3. The second-order valence-corrected chi connectivity index (χ2v) is 10.5. The van der Waals surface area contributed by atoms with E-state index in [1.807, 2.05) is 20.8 Å². The maximum atomic E-state index is 13.3. The number of benzene rings is 1. The van der Waals surface area contributed by atoms with Crippen molar-refractivity contribution in [3.63, 3.8) is 0 Å². The number of halogens is 2. The maximum absolute atomic E-state index is 13.3. The van der Waals surface area contributed by atoms with Crippen LogP contribution in [0, 0.1) is 5.41 Å². The van der Waals surface area contributed by atoms with Gasteiger partial charge in [0.2, 0.25) is 11.9 Å². The summed E-state index contributed by atoms with van der Waals surface area (Å²) in [5.74, 6) is 0.445. The summed E-state index contributed by atoms with van der Waals surface area (Å²) in [5.41, 5.74) is 0.910. The Morgan fingerprint density at radius 2 is 1.65 bits per heavy atom. The van der Waals surface area contributed by atoms with E-state index in [1.54, 1.807) is 31.4 Å². The van der Waals surface area contributed by atoms with Gasteiger partial charge in [-0.1, -0.05) is 44.0 Å². The molecule has 34 heavy (non-hydrogen) atoms. The van der Waals surface area contributed by atoms with Crippen molar-refractivity contribution in [3.8, 4) is 11.1 Å². The number of nitrogens with zero attached hydrogens (tertiary/aromatic N) is 5. The first-order chi connectivity index (χ1) is 16.0. The van der Waals surface area contributed by atoms with Crippen LogP contribution in [-0.2, 0) is 11.8 Å². The largest absolute Gasteiger partial charge is 0.338 e. The lowest BCUT2D eigenvalue weighted by Crippen LogP contribution is -2.45. The summed E-state index contributed by atoms with van der Waals surface area (Å²) in [4.78, 5) is 39.3. The van der Waals surface area contributed by atoms with Gasteiger partial charge in [-0.15, -0.1) is 0 Å². The van der Waals surface area contributed by atoms with Crippen molar-refractivity contribution >= 4 is 51.8 Å². The van der Waals surface area contributed by atoms with Crippen LogP contribution in [0.1, 0.15) is 20.8 Å². The minimum absolute atomic E-state index is 0.165. The third-order valence-corrected chi connectivity index (χ3v) is 6.57. The molecule has 0 atom stereocenters. The number of likely N-dealkylation sites (N-methyl/N-ethyl adjacent to an activating group) is 1. The van der Waals surface area contributed by atoms with Gasteiger partial charge < -0.3 is 15.1 Å². The van der Waals surface area contributed by atoms with E-state index in [0.717, 1.165) is 26.2 Å². The molecule has 0 radical (unpaired) electrons. The number of pyridine rings is 1. The zero-order valence-corrected chi connectivity index (χ0v) is 21.5. The van der Waals surface area contributed by atoms with Crippen molar-refractivity contribution < 1.29 is 4.79 Å². The van der Waals surface area contributed by atoms with Crippen molar-refractivity contribution in [2.24, 2.45) is 12.5 Å². The highest BCUT2D eigenvalue weighted by atomic mass is 35.5. The number of carbonyl (C=O) groups excluding carboxylic acids is 1. The number of nitrogens with one attached hydrogen (secondary N) is 1. The first-order valence-corrected chi connectivity index (χ1v) is 11.8. The second kappa shape index (κ2) is 9.17. The van der Waals surface area contributed by atoms with E-state index < -0.39 is 5.41 Å². The van der Waals surface area contributed by atoms with Crippen molar-refractivity contribution in [2.75, 3.05) is 43.4 Å². The Morgan fingerprint density at radius 3 is 2.24 bits per heavy atom. The lowest BCUT2D eigenvalue weighted by molar-refractivity contribution is -0.123. The molecule has 3 aromatic rings. The number of amides is 1. The Morgan fingerprint density at radius 1 is 1.03 bits per heavy atom. The molecule has 1 fully saturated rings. The molecule has 0 aliphatic carbocycles.